The van der Waals surface area contributed by atoms with Gasteiger partial charge in [-0.1, -0.05) is 22.4 Å². The van der Waals surface area contributed by atoms with E-state index in [1.54, 1.807) is 0 Å². The first kappa shape index (κ1) is 15.4. The van der Waals surface area contributed by atoms with E-state index in [4.69, 9.17) is 0 Å². The Bertz CT molecular complexity index is 444. The standard InChI is InChI=1S/C16H23BrN2O/c1-19(2)15-8-6-12(7-9-15)16(20)18-11-14-5-3-4-13(14)10-17/h6-9,13-14H,3-5,10-11H2,1-2H3,(H,18,20). The van der Waals surface area contributed by atoms with Crippen LogP contribution in [0.3, 0.4) is 0 Å². The highest BCUT2D eigenvalue weighted by molar-refractivity contribution is 9.09. The summed E-state index contributed by atoms with van der Waals surface area (Å²) < 4.78 is 0. The molecule has 1 saturated carbocycles. The lowest BCUT2D eigenvalue weighted by Gasteiger charge is -2.18. The van der Waals surface area contributed by atoms with Crippen LogP contribution in [0.25, 0.3) is 0 Å². The highest BCUT2D eigenvalue weighted by Crippen LogP contribution is 2.32. The summed E-state index contributed by atoms with van der Waals surface area (Å²) in [6.45, 7) is 0.796. The molecule has 0 aliphatic heterocycles. The average molecular weight is 339 g/mol. The van der Waals surface area contributed by atoms with Gasteiger partial charge >= 0.3 is 0 Å². The zero-order valence-corrected chi connectivity index (χ0v) is 13.8. The lowest BCUT2D eigenvalue weighted by Crippen LogP contribution is -2.31. The van der Waals surface area contributed by atoms with Crippen molar-refractivity contribution in [3.05, 3.63) is 29.8 Å². The molecule has 1 aromatic carbocycles. The summed E-state index contributed by atoms with van der Waals surface area (Å²) in [5.74, 6) is 1.38. The summed E-state index contributed by atoms with van der Waals surface area (Å²) >= 11 is 3.57. The van der Waals surface area contributed by atoms with Gasteiger partial charge in [0.25, 0.3) is 5.91 Å². The Morgan fingerprint density at radius 1 is 1.25 bits per heavy atom. The van der Waals surface area contributed by atoms with Gasteiger partial charge < -0.3 is 10.2 Å². The number of halogens is 1. The number of hydrogen-bond acceptors (Lipinski definition) is 2. The molecule has 20 heavy (non-hydrogen) atoms. The van der Waals surface area contributed by atoms with Gasteiger partial charge in [0, 0.05) is 37.2 Å². The van der Waals surface area contributed by atoms with Crippen molar-refractivity contribution in [3.63, 3.8) is 0 Å². The van der Waals surface area contributed by atoms with Crippen LogP contribution in [0.4, 0.5) is 5.69 Å². The number of amides is 1. The second-order valence-corrected chi connectivity index (χ2v) is 6.40. The van der Waals surface area contributed by atoms with Gasteiger partial charge in [-0.15, -0.1) is 0 Å². The van der Waals surface area contributed by atoms with Crippen molar-refractivity contribution in [2.45, 2.75) is 19.3 Å². The van der Waals surface area contributed by atoms with Crippen LogP contribution in [0.5, 0.6) is 0 Å². The van der Waals surface area contributed by atoms with Crippen molar-refractivity contribution in [3.8, 4) is 0 Å². The monoisotopic (exact) mass is 338 g/mol. The van der Waals surface area contributed by atoms with E-state index in [0.717, 1.165) is 23.1 Å². The minimum atomic E-state index is 0.0375. The Morgan fingerprint density at radius 2 is 1.90 bits per heavy atom. The molecule has 1 aromatic rings. The van der Waals surface area contributed by atoms with Crippen LogP contribution in [0.1, 0.15) is 29.6 Å². The minimum absolute atomic E-state index is 0.0375. The molecular weight excluding hydrogens is 316 g/mol. The molecule has 2 atom stereocenters. The maximum Gasteiger partial charge on any atom is 0.251 e. The maximum atomic E-state index is 12.1. The molecule has 0 aromatic heterocycles. The van der Waals surface area contributed by atoms with Crippen LogP contribution in [-0.2, 0) is 0 Å². The Balaban J connectivity index is 1.88. The first-order valence-corrected chi connectivity index (χ1v) is 8.35. The second kappa shape index (κ2) is 7.11. The van der Waals surface area contributed by atoms with Gasteiger partial charge in [-0.2, -0.15) is 0 Å². The number of carbonyl (C=O) groups is 1. The zero-order valence-electron chi connectivity index (χ0n) is 12.2. The molecule has 0 saturated heterocycles. The Hall–Kier alpha value is -1.03. The van der Waals surface area contributed by atoms with E-state index in [1.807, 2.05) is 43.3 Å². The maximum absolute atomic E-state index is 12.1. The fourth-order valence-electron chi connectivity index (χ4n) is 2.82. The summed E-state index contributed by atoms with van der Waals surface area (Å²) in [5.41, 5.74) is 1.85. The number of nitrogens with zero attached hydrogens (tertiary/aromatic N) is 1. The third kappa shape index (κ3) is 3.75. The fourth-order valence-corrected chi connectivity index (χ4v) is 3.67. The number of hydrogen-bond donors (Lipinski definition) is 1. The van der Waals surface area contributed by atoms with Gasteiger partial charge in [0.2, 0.25) is 0 Å². The molecule has 1 N–H and O–H groups in total. The first-order valence-electron chi connectivity index (χ1n) is 7.23. The molecule has 0 radical (unpaired) electrons. The van der Waals surface area contributed by atoms with Crippen molar-refractivity contribution in [1.29, 1.82) is 0 Å². The molecule has 2 rings (SSSR count). The van der Waals surface area contributed by atoms with Crippen LogP contribution >= 0.6 is 15.9 Å². The Kier molecular flexibility index (Phi) is 5.46. The SMILES string of the molecule is CN(C)c1ccc(C(=O)NCC2CCCC2CBr)cc1. The Labute approximate surface area is 129 Å². The molecule has 1 aliphatic carbocycles. The molecule has 0 heterocycles. The lowest BCUT2D eigenvalue weighted by molar-refractivity contribution is 0.0945. The van der Waals surface area contributed by atoms with E-state index in [2.05, 4.69) is 21.2 Å². The largest absolute Gasteiger partial charge is 0.378 e. The van der Waals surface area contributed by atoms with Crippen molar-refractivity contribution in [1.82, 2.24) is 5.32 Å². The number of alkyl halides is 1. The van der Waals surface area contributed by atoms with Crippen LogP contribution < -0.4 is 10.2 Å². The van der Waals surface area contributed by atoms with Crippen LogP contribution in [0, 0.1) is 11.8 Å². The van der Waals surface area contributed by atoms with Gasteiger partial charge in [0.05, 0.1) is 0 Å². The summed E-state index contributed by atoms with van der Waals surface area (Å²) in [4.78, 5) is 14.2. The van der Waals surface area contributed by atoms with Crippen LogP contribution in [0.2, 0.25) is 0 Å². The predicted molar refractivity (Wildman–Crippen MR) is 87.7 cm³/mol. The highest BCUT2D eigenvalue weighted by atomic mass is 79.9. The number of nitrogens with one attached hydrogen (secondary N) is 1. The average Bonchev–Trinajstić information content (AvgIpc) is 2.92. The third-order valence-electron chi connectivity index (χ3n) is 4.19. The number of anilines is 1. The minimum Gasteiger partial charge on any atom is -0.378 e. The molecule has 0 bridgehead atoms. The molecule has 1 fully saturated rings. The molecule has 2 unspecified atom stereocenters. The molecule has 0 spiro atoms. The number of benzene rings is 1. The van der Waals surface area contributed by atoms with Gasteiger partial charge in [-0.25, -0.2) is 0 Å². The fraction of sp³-hybridized carbons (Fsp3) is 0.562. The highest BCUT2D eigenvalue weighted by Gasteiger charge is 2.26. The lowest BCUT2D eigenvalue weighted by atomic mass is 9.98. The molecular formula is C16H23BrN2O. The first-order chi connectivity index (χ1) is 9.61. The van der Waals surface area contributed by atoms with E-state index in [1.165, 1.54) is 19.3 Å². The topological polar surface area (TPSA) is 32.3 Å². The second-order valence-electron chi connectivity index (χ2n) is 5.76. The van der Waals surface area contributed by atoms with Gasteiger partial charge in [-0.3, -0.25) is 4.79 Å². The van der Waals surface area contributed by atoms with Gasteiger partial charge in [0.15, 0.2) is 0 Å². The normalized spacial score (nSPS) is 21.8. The van der Waals surface area contributed by atoms with Crippen molar-refractivity contribution >= 4 is 27.5 Å². The van der Waals surface area contributed by atoms with Crippen molar-refractivity contribution in [2.75, 3.05) is 30.9 Å². The quantitative estimate of drug-likeness (QED) is 0.835. The molecule has 3 nitrogen and oxygen atoms in total. The predicted octanol–water partition coefficient (Wildman–Crippen LogP) is 3.29. The number of carbonyl (C=O) groups excluding carboxylic acids is 1. The van der Waals surface area contributed by atoms with E-state index in [9.17, 15) is 4.79 Å². The van der Waals surface area contributed by atoms with E-state index in [0.29, 0.717) is 11.8 Å². The molecule has 110 valence electrons. The number of rotatable bonds is 5. The van der Waals surface area contributed by atoms with Gasteiger partial charge in [-0.05, 0) is 48.9 Å². The van der Waals surface area contributed by atoms with Crippen LogP contribution in [0.15, 0.2) is 24.3 Å². The third-order valence-corrected chi connectivity index (χ3v) is 5.02. The summed E-state index contributed by atoms with van der Waals surface area (Å²) in [6.07, 6.45) is 3.80. The van der Waals surface area contributed by atoms with Crippen molar-refractivity contribution in [2.24, 2.45) is 11.8 Å². The summed E-state index contributed by atoms with van der Waals surface area (Å²) in [5, 5.41) is 4.13. The molecule has 4 heteroatoms. The summed E-state index contributed by atoms with van der Waals surface area (Å²) in [7, 11) is 3.99. The molecule has 1 amide bonds. The van der Waals surface area contributed by atoms with E-state index < -0.39 is 0 Å². The van der Waals surface area contributed by atoms with E-state index >= 15 is 0 Å². The van der Waals surface area contributed by atoms with Gasteiger partial charge in [0.1, 0.15) is 0 Å². The van der Waals surface area contributed by atoms with E-state index in [-0.39, 0.29) is 5.91 Å². The summed E-state index contributed by atoms with van der Waals surface area (Å²) in [6, 6.07) is 7.74. The van der Waals surface area contributed by atoms with Crippen LogP contribution in [-0.4, -0.2) is 31.9 Å². The molecule has 1 aliphatic rings. The van der Waals surface area contributed by atoms with Crippen molar-refractivity contribution < 1.29 is 4.79 Å². The smallest absolute Gasteiger partial charge is 0.251 e. The Morgan fingerprint density at radius 3 is 2.50 bits per heavy atom. The zero-order chi connectivity index (χ0) is 14.5.